The highest BCUT2D eigenvalue weighted by Gasteiger charge is 2.25. The number of benzene rings is 2. The third-order valence-electron chi connectivity index (χ3n) is 5.88. The van der Waals surface area contributed by atoms with E-state index in [2.05, 4.69) is 10.2 Å². The number of fused-ring (bicyclic) bond motifs is 1. The van der Waals surface area contributed by atoms with Crippen molar-refractivity contribution < 1.29 is 18.4 Å². The van der Waals surface area contributed by atoms with E-state index in [0.717, 1.165) is 44.0 Å². The van der Waals surface area contributed by atoms with Crippen LogP contribution in [0, 0.1) is 11.6 Å². The number of nitrogens with one attached hydrogen (secondary N) is 1. The summed E-state index contributed by atoms with van der Waals surface area (Å²) in [6.07, 6.45) is 4.54. The number of hydrogen-bond acceptors (Lipinski definition) is 3. The van der Waals surface area contributed by atoms with Crippen molar-refractivity contribution in [2.45, 2.75) is 44.7 Å². The zero-order valence-corrected chi connectivity index (χ0v) is 16.2. The largest absolute Gasteiger partial charge is 0.346 e. The van der Waals surface area contributed by atoms with Gasteiger partial charge in [0.1, 0.15) is 0 Å². The molecule has 4 rings (SSSR count). The smallest absolute Gasteiger partial charge is 0.292 e. The molecule has 152 valence electrons. The number of aryl methyl sites for hydroxylation is 2. The van der Waals surface area contributed by atoms with Crippen LogP contribution in [0.2, 0.25) is 0 Å². The highest BCUT2D eigenvalue weighted by Crippen LogP contribution is 2.23. The highest BCUT2D eigenvalue weighted by molar-refractivity contribution is 6.42. The van der Waals surface area contributed by atoms with Crippen LogP contribution in [0.3, 0.4) is 0 Å². The second kappa shape index (κ2) is 8.41. The van der Waals surface area contributed by atoms with Gasteiger partial charge >= 0.3 is 0 Å². The van der Waals surface area contributed by atoms with Crippen molar-refractivity contribution in [1.82, 2.24) is 10.2 Å². The average molecular weight is 398 g/mol. The Morgan fingerprint density at radius 3 is 2.48 bits per heavy atom. The predicted octanol–water partition coefficient (Wildman–Crippen LogP) is 3.42. The van der Waals surface area contributed by atoms with Gasteiger partial charge in [0, 0.05) is 31.2 Å². The number of likely N-dealkylation sites (tertiary alicyclic amines) is 1. The van der Waals surface area contributed by atoms with Gasteiger partial charge in [0.2, 0.25) is 5.78 Å². The zero-order chi connectivity index (χ0) is 20.4. The summed E-state index contributed by atoms with van der Waals surface area (Å²) in [7, 11) is 0. The minimum atomic E-state index is -0.844. The van der Waals surface area contributed by atoms with Crippen LogP contribution in [0.5, 0.6) is 0 Å². The van der Waals surface area contributed by atoms with E-state index in [0.29, 0.717) is 24.9 Å². The summed E-state index contributed by atoms with van der Waals surface area (Å²) in [6.45, 7) is 1.97. The number of ketones is 1. The molecule has 0 aromatic heterocycles. The average Bonchev–Trinajstić information content (AvgIpc) is 3.19. The van der Waals surface area contributed by atoms with Crippen molar-refractivity contribution >= 4 is 11.7 Å². The Morgan fingerprint density at radius 1 is 0.966 bits per heavy atom. The van der Waals surface area contributed by atoms with E-state index in [-0.39, 0.29) is 6.04 Å². The highest BCUT2D eigenvalue weighted by atomic mass is 19.2. The van der Waals surface area contributed by atoms with Gasteiger partial charge in [0.15, 0.2) is 11.6 Å². The summed E-state index contributed by atoms with van der Waals surface area (Å²) in [5.41, 5.74) is 3.63. The van der Waals surface area contributed by atoms with Crippen LogP contribution in [0.25, 0.3) is 0 Å². The van der Waals surface area contributed by atoms with E-state index >= 15 is 0 Å². The van der Waals surface area contributed by atoms with Crippen molar-refractivity contribution in [2.24, 2.45) is 0 Å². The van der Waals surface area contributed by atoms with Crippen molar-refractivity contribution in [2.75, 3.05) is 13.1 Å². The van der Waals surface area contributed by atoms with Crippen LogP contribution < -0.4 is 5.32 Å². The Kier molecular flexibility index (Phi) is 5.72. The molecule has 0 saturated carbocycles. The molecule has 1 aliphatic carbocycles. The molecule has 2 aromatic rings. The van der Waals surface area contributed by atoms with Gasteiger partial charge in [-0.3, -0.25) is 14.5 Å². The first-order valence-electron chi connectivity index (χ1n) is 10.1. The van der Waals surface area contributed by atoms with Crippen LogP contribution in [0.15, 0.2) is 36.4 Å². The van der Waals surface area contributed by atoms with Crippen molar-refractivity contribution in [3.8, 4) is 0 Å². The van der Waals surface area contributed by atoms with Crippen LogP contribution >= 0.6 is 0 Å². The summed E-state index contributed by atoms with van der Waals surface area (Å²) in [6, 6.07) is 9.45. The number of carbonyl (C=O) groups is 2. The zero-order valence-electron chi connectivity index (χ0n) is 16.2. The quantitative estimate of drug-likeness (QED) is 0.620. The molecule has 0 atom stereocenters. The van der Waals surface area contributed by atoms with Gasteiger partial charge in [0.05, 0.1) is 0 Å². The molecule has 1 heterocycles. The van der Waals surface area contributed by atoms with E-state index in [1.165, 1.54) is 17.2 Å². The van der Waals surface area contributed by atoms with Gasteiger partial charge in [-0.15, -0.1) is 0 Å². The molecule has 29 heavy (non-hydrogen) atoms. The van der Waals surface area contributed by atoms with Gasteiger partial charge < -0.3 is 5.32 Å². The molecule has 0 radical (unpaired) electrons. The summed E-state index contributed by atoms with van der Waals surface area (Å²) >= 11 is 0. The predicted molar refractivity (Wildman–Crippen MR) is 106 cm³/mol. The number of amides is 1. The second-order valence-corrected chi connectivity index (χ2v) is 7.94. The van der Waals surface area contributed by atoms with Crippen LogP contribution in [0.4, 0.5) is 8.78 Å². The number of halogens is 2. The third kappa shape index (κ3) is 4.53. The number of carbonyl (C=O) groups excluding carboxylic acids is 2. The maximum absolute atomic E-state index is 13.4. The number of piperidine rings is 1. The summed E-state index contributed by atoms with van der Waals surface area (Å²) < 4.78 is 26.4. The lowest BCUT2D eigenvalue weighted by Crippen LogP contribution is -2.46. The van der Waals surface area contributed by atoms with E-state index < -0.39 is 23.3 Å². The fraction of sp³-hybridized carbons (Fsp3) is 0.391. The molecule has 0 spiro atoms. The van der Waals surface area contributed by atoms with E-state index in [9.17, 15) is 18.4 Å². The molecule has 1 fully saturated rings. The summed E-state index contributed by atoms with van der Waals surface area (Å²) in [5, 5.41) is 2.86. The maximum Gasteiger partial charge on any atom is 0.292 e. The van der Waals surface area contributed by atoms with Crippen molar-refractivity contribution in [3.63, 3.8) is 0 Å². The molecule has 2 aromatic carbocycles. The lowest BCUT2D eigenvalue weighted by atomic mass is 10.0. The first kappa shape index (κ1) is 19.7. The van der Waals surface area contributed by atoms with E-state index in [1.54, 1.807) is 12.1 Å². The molecule has 1 amide bonds. The molecular formula is C23H24F2N2O2. The standard InChI is InChI=1S/C23H24F2N2O2/c24-20-7-4-15(12-21(20)25)14-27-10-8-19(9-11-27)26-23(29)22(28)18-6-5-16-2-1-3-17(16)13-18/h4-7,12-13,19H,1-3,8-11,14H2,(H,26,29). The molecule has 2 aliphatic rings. The molecule has 0 unspecified atom stereocenters. The van der Waals surface area contributed by atoms with Crippen molar-refractivity contribution in [1.29, 1.82) is 0 Å². The van der Waals surface area contributed by atoms with Gasteiger partial charge in [0.25, 0.3) is 5.91 Å². The monoisotopic (exact) mass is 398 g/mol. The Balaban J connectivity index is 1.28. The summed E-state index contributed by atoms with van der Waals surface area (Å²) in [4.78, 5) is 27.0. The minimum absolute atomic E-state index is 0.0536. The van der Waals surface area contributed by atoms with Gasteiger partial charge in [-0.1, -0.05) is 18.2 Å². The topological polar surface area (TPSA) is 49.4 Å². The molecule has 4 nitrogen and oxygen atoms in total. The molecule has 1 saturated heterocycles. The first-order valence-corrected chi connectivity index (χ1v) is 10.1. The molecular weight excluding hydrogens is 374 g/mol. The number of Topliss-reactive ketones (excluding diaryl/α,β-unsaturated/α-hetero) is 1. The van der Waals surface area contributed by atoms with Gasteiger partial charge in [-0.2, -0.15) is 0 Å². The van der Waals surface area contributed by atoms with Gasteiger partial charge in [-0.25, -0.2) is 8.78 Å². The Hall–Kier alpha value is -2.60. The Labute approximate surface area is 168 Å². The lowest BCUT2D eigenvalue weighted by molar-refractivity contribution is -0.118. The molecule has 1 N–H and O–H groups in total. The van der Waals surface area contributed by atoms with E-state index in [4.69, 9.17) is 0 Å². The third-order valence-corrected chi connectivity index (χ3v) is 5.88. The van der Waals surface area contributed by atoms with Crippen LogP contribution in [-0.2, 0) is 24.2 Å². The Morgan fingerprint density at radius 2 is 1.72 bits per heavy atom. The molecule has 0 bridgehead atoms. The van der Waals surface area contributed by atoms with Crippen LogP contribution in [0.1, 0.15) is 46.3 Å². The number of nitrogens with zero attached hydrogens (tertiary/aromatic N) is 1. The molecule has 6 heteroatoms. The fourth-order valence-corrected chi connectivity index (χ4v) is 4.23. The van der Waals surface area contributed by atoms with Gasteiger partial charge in [-0.05, 0) is 67.0 Å². The minimum Gasteiger partial charge on any atom is -0.346 e. The lowest BCUT2D eigenvalue weighted by Gasteiger charge is -2.32. The molecule has 1 aliphatic heterocycles. The SMILES string of the molecule is O=C(NC1CCN(Cc2ccc(F)c(F)c2)CC1)C(=O)c1ccc2c(c1)CCC2. The number of rotatable bonds is 5. The second-order valence-electron chi connectivity index (χ2n) is 7.94. The maximum atomic E-state index is 13.4. The van der Waals surface area contributed by atoms with E-state index in [1.807, 2.05) is 12.1 Å². The van der Waals surface area contributed by atoms with Crippen molar-refractivity contribution in [3.05, 3.63) is 70.3 Å². The normalized spacial score (nSPS) is 17.2. The first-order chi connectivity index (χ1) is 14.0. The number of hydrogen-bond donors (Lipinski definition) is 1. The fourth-order valence-electron chi connectivity index (χ4n) is 4.23. The summed E-state index contributed by atoms with van der Waals surface area (Å²) in [5.74, 6) is -2.72. The Bertz CT molecular complexity index is 936. The van der Waals surface area contributed by atoms with Crippen LogP contribution in [-0.4, -0.2) is 35.7 Å².